The van der Waals surface area contributed by atoms with Gasteiger partial charge in [0.05, 0.1) is 34.2 Å². The van der Waals surface area contributed by atoms with E-state index in [9.17, 15) is 15.6 Å². The minimum Gasteiger partial charge on any atom is -0.304 e. The summed E-state index contributed by atoms with van der Waals surface area (Å²) in [5, 5.41) is 33.9. The number of hydroxylamine groups is 3. The second-order valence-corrected chi connectivity index (χ2v) is 7.82. The molecule has 0 amide bonds. The summed E-state index contributed by atoms with van der Waals surface area (Å²) in [5.74, 6) is 0. The van der Waals surface area contributed by atoms with Gasteiger partial charge in [-0.2, -0.15) is 15.5 Å². The highest BCUT2D eigenvalue weighted by molar-refractivity contribution is 5.21. The predicted octanol–water partition coefficient (Wildman–Crippen LogP) is 0.466. The number of hydrazine groups is 6. The van der Waals surface area contributed by atoms with Gasteiger partial charge in [-0.05, 0) is 19.3 Å². The Hall–Kier alpha value is -2.26. The van der Waals surface area contributed by atoms with Gasteiger partial charge in [-0.15, -0.1) is 16.6 Å². The molecule has 0 aromatic carbocycles. The van der Waals surface area contributed by atoms with Gasteiger partial charge >= 0.3 is 0 Å². The molecule has 13 heteroatoms. The van der Waals surface area contributed by atoms with Gasteiger partial charge < -0.3 is 16.3 Å². The summed E-state index contributed by atoms with van der Waals surface area (Å²) >= 11 is 0. The van der Waals surface area contributed by atoms with Crippen LogP contribution in [0.1, 0.15) is 59.3 Å². The lowest BCUT2D eigenvalue weighted by Gasteiger charge is -2.28. The zero-order valence-electron chi connectivity index (χ0n) is 18.5. The molecule has 3 rings (SSSR count). The van der Waals surface area contributed by atoms with Gasteiger partial charge in [-0.1, -0.05) is 40.0 Å². The second-order valence-electron chi connectivity index (χ2n) is 7.82. The zero-order chi connectivity index (χ0) is 22.4. The highest BCUT2D eigenvalue weighted by Gasteiger charge is 2.30. The van der Waals surface area contributed by atoms with Crippen LogP contribution in [-0.4, -0.2) is 55.7 Å². The topological polar surface area (TPSA) is 146 Å². The quantitative estimate of drug-likeness (QED) is 0.207. The molecule has 0 aromatic rings. The highest BCUT2D eigenvalue weighted by Crippen LogP contribution is 2.23. The van der Waals surface area contributed by atoms with Gasteiger partial charge in [0.2, 0.25) is 0 Å². The summed E-state index contributed by atoms with van der Waals surface area (Å²) in [6.07, 6.45) is 5.13. The lowest BCUT2D eigenvalue weighted by Crippen LogP contribution is -2.42. The summed E-state index contributed by atoms with van der Waals surface area (Å²) in [6.45, 7) is 7.39. The number of hydrogen-bond acceptors (Lipinski definition) is 13. The fraction of sp³-hybridized carbons (Fsp3) is 0.667. The zero-order valence-corrected chi connectivity index (χ0v) is 18.5. The summed E-state index contributed by atoms with van der Waals surface area (Å²) in [4.78, 5) is 2.05. The third kappa shape index (κ3) is 5.51. The molecular formula is C18H36N10O3. The molecule has 0 spiro atoms. The molecule has 3 aliphatic heterocycles. The Bertz CT molecular complexity index is 630. The van der Waals surface area contributed by atoms with E-state index in [4.69, 9.17) is 0 Å². The number of allylic oxidation sites excluding steroid dienone is 3. The highest BCUT2D eigenvalue weighted by atomic mass is 16.6. The van der Waals surface area contributed by atoms with E-state index >= 15 is 0 Å². The van der Waals surface area contributed by atoms with Gasteiger partial charge in [0.25, 0.3) is 0 Å². The second kappa shape index (κ2) is 10.9. The largest absolute Gasteiger partial charge is 0.304 e. The Balaban J connectivity index is 1.88. The van der Waals surface area contributed by atoms with E-state index < -0.39 is 0 Å². The van der Waals surface area contributed by atoms with Crippen molar-refractivity contribution in [3.05, 3.63) is 34.2 Å². The van der Waals surface area contributed by atoms with Crippen molar-refractivity contribution < 1.29 is 15.6 Å². The first-order valence-corrected chi connectivity index (χ1v) is 10.9. The number of hydrogen-bond donors (Lipinski definition) is 9. The molecule has 0 saturated carbocycles. The maximum absolute atomic E-state index is 10.3. The Morgan fingerprint density at radius 1 is 0.581 bits per heavy atom. The van der Waals surface area contributed by atoms with Gasteiger partial charge in [0, 0.05) is 19.6 Å². The van der Waals surface area contributed by atoms with Crippen LogP contribution in [0.2, 0.25) is 0 Å². The van der Waals surface area contributed by atoms with Crippen LogP contribution < -0.4 is 32.9 Å². The molecule has 31 heavy (non-hydrogen) atoms. The Morgan fingerprint density at radius 2 is 0.871 bits per heavy atom. The van der Waals surface area contributed by atoms with Crippen LogP contribution in [0.25, 0.3) is 0 Å². The van der Waals surface area contributed by atoms with Crippen molar-refractivity contribution >= 4 is 0 Å². The van der Waals surface area contributed by atoms with E-state index in [1.165, 1.54) is 0 Å². The molecule has 0 fully saturated rings. The van der Waals surface area contributed by atoms with Crippen molar-refractivity contribution in [1.82, 2.24) is 53.3 Å². The third-order valence-corrected chi connectivity index (χ3v) is 5.37. The van der Waals surface area contributed by atoms with Gasteiger partial charge in [-0.3, -0.25) is 20.5 Å². The smallest absolute Gasteiger partial charge is 0.0956 e. The van der Waals surface area contributed by atoms with Crippen LogP contribution >= 0.6 is 0 Å². The van der Waals surface area contributed by atoms with Crippen LogP contribution in [0.3, 0.4) is 0 Å². The third-order valence-electron chi connectivity index (χ3n) is 5.37. The summed E-state index contributed by atoms with van der Waals surface area (Å²) in [6, 6.07) is 0. The van der Waals surface area contributed by atoms with E-state index in [-0.39, 0.29) is 0 Å². The summed E-state index contributed by atoms with van der Waals surface area (Å²) in [5.41, 5.74) is 22.0. The Labute approximate surface area is 182 Å². The first-order chi connectivity index (χ1) is 15.0. The SMILES string of the molecule is CCCC1=C(CN(CC2=C(CCC)NNN2O)CC2=C(CCC)NNN2O)N(O)NN1. The monoisotopic (exact) mass is 440 g/mol. The normalized spacial score (nSPS) is 19.3. The average Bonchev–Trinajstić information content (AvgIpc) is 3.38. The van der Waals surface area contributed by atoms with Crippen molar-refractivity contribution in [2.75, 3.05) is 19.6 Å². The van der Waals surface area contributed by atoms with Crippen LogP contribution in [-0.2, 0) is 0 Å². The molecular weight excluding hydrogens is 404 g/mol. The molecule has 0 unspecified atom stereocenters. The van der Waals surface area contributed by atoms with Crippen LogP contribution in [0, 0.1) is 0 Å². The lowest BCUT2D eigenvalue weighted by molar-refractivity contribution is -0.114. The van der Waals surface area contributed by atoms with Crippen molar-refractivity contribution in [1.29, 1.82) is 0 Å². The van der Waals surface area contributed by atoms with E-state index in [1.54, 1.807) is 0 Å². The van der Waals surface area contributed by atoms with Crippen molar-refractivity contribution in [3.8, 4) is 0 Å². The average molecular weight is 441 g/mol. The minimum absolute atomic E-state index is 0.388. The van der Waals surface area contributed by atoms with Crippen molar-refractivity contribution in [2.45, 2.75) is 59.3 Å². The maximum Gasteiger partial charge on any atom is 0.0956 e. The molecule has 3 heterocycles. The molecule has 0 bridgehead atoms. The van der Waals surface area contributed by atoms with E-state index in [0.29, 0.717) is 36.7 Å². The summed E-state index contributed by atoms with van der Waals surface area (Å²) < 4.78 is 0. The number of nitrogens with one attached hydrogen (secondary N) is 6. The standard InChI is InChI=1S/C18H36N10O3/c1-4-7-13-16(26(29)22-19-13)10-25(11-17-14(8-5-2)20-23-27(17)30)12-18-15(9-6-3)21-24-28(18)31/h19-24,29-31H,4-12H2,1-3H3. The fourth-order valence-electron chi connectivity index (χ4n) is 3.82. The maximum atomic E-state index is 10.3. The molecule has 0 aromatic heterocycles. The van der Waals surface area contributed by atoms with Crippen LogP contribution in [0.4, 0.5) is 0 Å². The molecule has 0 aliphatic carbocycles. The van der Waals surface area contributed by atoms with Crippen LogP contribution in [0.15, 0.2) is 34.2 Å². The Morgan fingerprint density at radius 3 is 1.13 bits per heavy atom. The first-order valence-electron chi connectivity index (χ1n) is 10.9. The number of nitrogens with zero attached hydrogens (tertiary/aromatic N) is 4. The van der Waals surface area contributed by atoms with Gasteiger partial charge in [-0.25, -0.2) is 0 Å². The predicted molar refractivity (Wildman–Crippen MR) is 112 cm³/mol. The molecule has 0 atom stereocenters. The molecule has 0 saturated heterocycles. The first kappa shape index (κ1) is 23.4. The van der Waals surface area contributed by atoms with Crippen molar-refractivity contribution in [3.63, 3.8) is 0 Å². The van der Waals surface area contributed by atoms with E-state index in [0.717, 1.165) is 71.1 Å². The fourth-order valence-corrected chi connectivity index (χ4v) is 3.82. The molecule has 0 radical (unpaired) electrons. The van der Waals surface area contributed by atoms with Crippen LogP contribution in [0.5, 0.6) is 0 Å². The molecule has 176 valence electrons. The molecule has 3 aliphatic rings. The Kier molecular flexibility index (Phi) is 8.20. The van der Waals surface area contributed by atoms with Crippen molar-refractivity contribution in [2.24, 2.45) is 0 Å². The lowest BCUT2D eigenvalue weighted by atomic mass is 10.1. The van der Waals surface area contributed by atoms with Gasteiger partial charge in [0.15, 0.2) is 0 Å². The molecule has 13 nitrogen and oxygen atoms in total. The van der Waals surface area contributed by atoms with Gasteiger partial charge in [0.1, 0.15) is 0 Å². The van der Waals surface area contributed by atoms with E-state index in [2.05, 4.69) is 58.6 Å². The minimum atomic E-state index is 0.388. The van der Waals surface area contributed by atoms with E-state index in [1.807, 2.05) is 0 Å². The summed E-state index contributed by atoms with van der Waals surface area (Å²) in [7, 11) is 0. The molecule has 9 N–H and O–H groups in total. The number of rotatable bonds is 12.